The van der Waals surface area contributed by atoms with E-state index in [9.17, 15) is 13.6 Å². The van der Waals surface area contributed by atoms with E-state index in [1.165, 1.54) is 6.07 Å². The lowest BCUT2D eigenvalue weighted by Gasteiger charge is -2.32. The van der Waals surface area contributed by atoms with Crippen molar-refractivity contribution in [3.05, 3.63) is 71.2 Å². The van der Waals surface area contributed by atoms with Crippen LogP contribution < -0.4 is 10.1 Å². The van der Waals surface area contributed by atoms with Crippen molar-refractivity contribution in [1.29, 1.82) is 0 Å². The van der Waals surface area contributed by atoms with Crippen LogP contribution in [0.2, 0.25) is 0 Å². The minimum atomic E-state index is -2.97. The molecule has 1 aliphatic rings. The Morgan fingerprint density at radius 2 is 1.64 bits per heavy atom. The number of amides is 1. The van der Waals surface area contributed by atoms with Crippen LogP contribution in [0, 0.1) is 0 Å². The number of carbonyl (C=O) groups is 1. The summed E-state index contributed by atoms with van der Waals surface area (Å²) in [6.07, 6.45) is 0.996. The van der Waals surface area contributed by atoms with E-state index in [2.05, 4.69) is 10.1 Å². The van der Waals surface area contributed by atoms with Gasteiger partial charge in [0.2, 0.25) is 0 Å². The highest BCUT2D eigenvalue weighted by Crippen LogP contribution is 2.39. The molecular formula is C24H28BF2NO5. The summed E-state index contributed by atoms with van der Waals surface area (Å²) in [5.74, 6) is 0.00757. The smallest absolute Gasteiger partial charge is 0.445 e. The molecule has 0 bridgehead atoms. The van der Waals surface area contributed by atoms with E-state index in [0.29, 0.717) is 11.0 Å². The summed E-state index contributed by atoms with van der Waals surface area (Å²) in [5.41, 5.74) is 0.540. The molecule has 0 atom stereocenters. The summed E-state index contributed by atoms with van der Waals surface area (Å²) in [4.78, 5) is 12.3. The van der Waals surface area contributed by atoms with Gasteiger partial charge in [-0.2, -0.15) is 8.78 Å². The average molecular weight is 459 g/mol. The second-order valence-electron chi connectivity index (χ2n) is 8.64. The number of benzene rings is 2. The quantitative estimate of drug-likeness (QED) is 0.548. The number of ether oxygens (including phenoxy) is 2. The molecule has 2 aromatic rings. The number of carbonyl (C=O) groups excluding carboxylic acids is 1. The summed E-state index contributed by atoms with van der Waals surface area (Å²) in [5, 5.41) is 2.69. The lowest BCUT2D eigenvalue weighted by Crippen LogP contribution is -2.41. The summed E-state index contributed by atoms with van der Waals surface area (Å²) < 4.78 is 47.8. The Balaban J connectivity index is 1.78. The zero-order valence-electron chi connectivity index (χ0n) is 19.1. The van der Waals surface area contributed by atoms with Gasteiger partial charge in [0.1, 0.15) is 12.4 Å². The predicted molar refractivity (Wildman–Crippen MR) is 122 cm³/mol. The van der Waals surface area contributed by atoms with E-state index in [0.717, 1.165) is 5.56 Å². The molecule has 1 saturated heterocycles. The van der Waals surface area contributed by atoms with Crippen LogP contribution in [0.15, 0.2) is 60.1 Å². The molecule has 3 rings (SSSR count). The fourth-order valence-electron chi connectivity index (χ4n) is 3.15. The van der Waals surface area contributed by atoms with Crippen LogP contribution in [0.1, 0.15) is 38.8 Å². The van der Waals surface area contributed by atoms with Crippen molar-refractivity contribution in [2.75, 3.05) is 6.54 Å². The van der Waals surface area contributed by atoms with Gasteiger partial charge in [-0.25, -0.2) is 4.79 Å². The second kappa shape index (κ2) is 10.4. The Hall–Kier alpha value is -2.91. The molecule has 1 fully saturated rings. The van der Waals surface area contributed by atoms with Crippen LogP contribution >= 0.6 is 0 Å². The molecule has 0 saturated carbocycles. The first kappa shape index (κ1) is 24.7. The van der Waals surface area contributed by atoms with Gasteiger partial charge in [-0.3, -0.25) is 0 Å². The molecule has 176 valence electrons. The number of para-hydroxylation sites is 1. The number of alkyl halides is 2. The van der Waals surface area contributed by atoms with E-state index in [1.807, 2.05) is 58.0 Å². The minimum Gasteiger partial charge on any atom is -0.445 e. The Morgan fingerprint density at radius 3 is 2.27 bits per heavy atom. The van der Waals surface area contributed by atoms with Crippen molar-refractivity contribution < 1.29 is 32.4 Å². The molecule has 0 aromatic heterocycles. The molecule has 1 aliphatic heterocycles. The van der Waals surface area contributed by atoms with Crippen LogP contribution in [0.5, 0.6) is 5.75 Å². The summed E-state index contributed by atoms with van der Waals surface area (Å²) >= 11 is 0. The van der Waals surface area contributed by atoms with Crippen LogP contribution in [0.4, 0.5) is 13.6 Å². The van der Waals surface area contributed by atoms with E-state index in [4.69, 9.17) is 14.0 Å². The van der Waals surface area contributed by atoms with Gasteiger partial charge >= 0.3 is 19.8 Å². The first-order chi connectivity index (χ1) is 15.6. The van der Waals surface area contributed by atoms with Crippen molar-refractivity contribution >= 4 is 19.3 Å². The van der Waals surface area contributed by atoms with Gasteiger partial charge in [0, 0.05) is 12.1 Å². The molecule has 0 unspecified atom stereocenters. The topological polar surface area (TPSA) is 66.0 Å². The van der Waals surface area contributed by atoms with Gasteiger partial charge < -0.3 is 24.1 Å². The molecule has 6 nitrogen and oxygen atoms in total. The van der Waals surface area contributed by atoms with Gasteiger partial charge in [0.15, 0.2) is 0 Å². The summed E-state index contributed by atoms with van der Waals surface area (Å²) in [7, 11) is -0.802. The lowest BCUT2D eigenvalue weighted by molar-refractivity contribution is -0.0499. The van der Waals surface area contributed by atoms with Crippen LogP contribution in [-0.2, 0) is 20.7 Å². The van der Waals surface area contributed by atoms with Gasteiger partial charge in [0.05, 0.1) is 11.2 Å². The third kappa shape index (κ3) is 6.55. The van der Waals surface area contributed by atoms with E-state index < -0.39 is 31.0 Å². The molecule has 1 heterocycles. The van der Waals surface area contributed by atoms with E-state index in [1.54, 1.807) is 24.3 Å². The average Bonchev–Trinajstić information content (AvgIpc) is 2.98. The van der Waals surface area contributed by atoms with Gasteiger partial charge in [-0.05, 0) is 44.8 Å². The lowest BCUT2D eigenvalue weighted by atomic mass is 9.77. The standard InChI is InChI=1S/C24H28BF2NO5/c1-23(2)24(3,4)33-25(32-23)19(14-18-12-8-9-13-20(18)31-21(26)27)15-28-22(29)30-16-17-10-6-5-7-11-17/h5-14,21H,15-16H2,1-4H3,(H,28,29). The second-order valence-corrected chi connectivity index (χ2v) is 8.64. The number of alkyl carbamates (subject to hydrolysis) is 1. The Kier molecular flexibility index (Phi) is 7.76. The number of hydrogen-bond donors (Lipinski definition) is 1. The molecule has 1 N–H and O–H groups in total. The molecule has 2 aromatic carbocycles. The number of rotatable bonds is 8. The van der Waals surface area contributed by atoms with Crippen molar-refractivity contribution in [3.8, 4) is 5.75 Å². The fourth-order valence-corrected chi connectivity index (χ4v) is 3.15. The van der Waals surface area contributed by atoms with Crippen LogP contribution in [-0.4, -0.2) is 37.6 Å². The summed E-state index contributed by atoms with van der Waals surface area (Å²) in [6, 6.07) is 15.7. The largest absolute Gasteiger partial charge is 0.492 e. The maximum atomic E-state index is 12.9. The third-order valence-corrected chi connectivity index (χ3v) is 5.68. The number of nitrogens with one attached hydrogen (secondary N) is 1. The number of halogens is 2. The van der Waals surface area contributed by atoms with E-state index in [-0.39, 0.29) is 18.9 Å². The predicted octanol–water partition coefficient (Wildman–Crippen LogP) is 5.23. The Labute approximate surface area is 193 Å². The molecule has 1 amide bonds. The van der Waals surface area contributed by atoms with Crippen molar-refractivity contribution in [3.63, 3.8) is 0 Å². The first-order valence-corrected chi connectivity index (χ1v) is 10.6. The molecule has 9 heteroatoms. The maximum Gasteiger partial charge on any atom is 0.492 e. The van der Waals surface area contributed by atoms with Gasteiger partial charge in [-0.1, -0.05) is 54.6 Å². The zero-order valence-corrected chi connectivity index (χ0v) is 19.1. The van der Waals surface area contributed by atoms with Crippen LogP contribution in [0.3, 0.4) is 0 Å². The Morgan fingerprint density at radius 1 is 1.03 bits per heavy atom. The van der Waals surface area contributed by atoms with E-state index >= 15 is 0 Å². The Bertz CT molecular complexity index is 966. The molecule has 0 aliphatic carbocycles. The normalized spacial score (nSPS) is 17.2. The molecule has 0 radical (unpaired) electrons. The van der Waals surface area contributed by atoms with Crippen molar-refractivity contribution in [1.82, 2.24) is 5.32 Å². The third-order valence-electron chi connectivity index (χ3n) is 5.68. The minimum absolute atomic E-state index is 0.00757. The highest BCUT2D eigenvalue weighted by Gasteiger charge is 2.52. The summed E-state index contributed by atoms with van der Waals surface area (Å²) in [6.45, 7) is 4.78. The molecular weight excluding hydrogens is 431 g/mol. The fraction of sp³-hybridized carbons (Fsp3) is 0.375. The maximum absolute atomic E-state index is 12.9. The van der Waals surface area contributed by atoms with Crippen molar-refractivity contribution in [2.24, 2.45) is 0 Å². The van der Waals surface area contributed by atoms with Crippen LogP contribution in [0.25, 0.3) is 6.08 Å². The van der Waals surface area contributed by atoms with Gasteiger partial charge in [-0.15, -0.1) is 0 Å². The number of hydrogen-bond acceptors (Lipinski definition) is 5. The van der Waals surface area contributed by atoms with Crippen molar-refractivity contribution in [2.45, 2.75) is 52.1 Å². The highest BCUT2D eigenvalue weighted by molar-refractivity contribution is 6.56. The SMILES string of the molecule is CC1(C)OB(C(=Cc2ccccc2OC(F)F)CNC(=O)OCc2ccccc2)OC1(C)C. The zero-order chi connectivity index (χ0) is 24.1. The molecule has 0 spiro atoms. The molecule has 33 heavy (non-hydrogen) atoms. The highest BCUT2D eigenvalue weighted by atomic mass is 19.3. The first-order valence-electron chi connectivity index (χ1n) is 10.6. The van der Waals surface area contributed by atoms with Gasteiger partial charge in [0.25, 0.3) is 0 Å². The monoisotopic (exact) mass is 459 g/mol.